The molecule has 2 aromatic carbocycles. The van der Waals surface area contributed by atoms with Crippen LogP contribution in [0.25, 0.3) is 0 Å². The molecule has 7 nitrogen and oxygen atoms in total. The van der Waals surface area contributed by atoms with Crippen LogP contribution in [0.5, 0.6) is 11.5 Å². The second kappa shape index (κ2) is 9.47. The molecule has 0 saturated heterocycles. The van der Waals surface area contributed by atoms with Crippen LogP contribution in [0, 0.1) is 0 Å². The van der Waals surface area contributed by atoms with Crippen LogP contribution in [-0.4, -0.2) is 34.1 Å². The van der Waals surface area contributed by atoms with Crippen LogP contribution < -0.4 is 19.5 Å². The summed E-state index contributed by atoms with van der Waals surface area (Å²) in [5, 5.41) is 3.06. The third kappa shape index (κ3) is 6.00. The van der Waals surface area contributed by atoms with Gasteiger partial charge in [0.1, 0.15) is 11.5 Å². The van der Waals surface area contributed by atoms with Gasteiger partial charge in [-0.3, -0.25) is 4.79 Å². The lowest BCUT2D eigenvalue weighted by molar-refractivity contribution is -0.118. The second-order valence-electron chi connectivity index (χ2n) is 6.05. The molecule has 0 fully saturated rings. The van der Waals surface area contributed by atoms with E-state index in [-0.39, 0.29) is 28.3 Å². The topological polar surface area (TPSA) is 93.7 Å². The summed E-state index contributed by atoms with van der Waals surface area (Å²) in [7, 11) is -2.18. The Kier molecular flexibility index (Phi) is 7.54. The zero-order chi connectivity index (χ0) is 20.9. The molecule has 28 heavy (non-hydrogen) atoms. The summed E-state index contributed by atoms with van der Waals surface area (Å²) in [6.45, 7) is 3.11. The number of hydrogen-bond acceptors (Lipinski definition) is 5. The summed E-state index contributed by atoms with van der Waals surface area (Å²) in [6.07, 6.45) is 0. The average molecular weight is 447 g/mol. The summed E-state index contributed by atoms with van der Waals surface area (Å²) < 4.78 is 37.2. The maximum Gasteiger partial charge on any atom is 0.262 e. The van der Waals surface area contributed by atoms with Gasteiger partial charge in [0.15, 0.2) is 6.61 Å². The van der Waals surface area contributed by atoms with Crippen molar-refractivity contribution in [1.82, 2.24) is 4.72 Å². The average Bonchev–Trinajstić information content (AvgIpc) is 2.59. The molecular weight excluding hydrogens is 427 g/mol. The largest absolute Gasteiger partial charge is 0.495 e. The lowest BCUT2D eigenvalue weighted by Crippen LogP contribution is -2.30. The van der Waals surface area contributed by atoms with Crippen molar-refractivity contribution in [2.45, 2.75) is 24.8 Å². The second-order valence-corrected chi connectivity index (χ2v) is 8.58. The molecule has 2 rings (SSSR count). The molecule has 0 bridgehead atoms. The van der Waals surface area contributed by atoms with Gasteiger partial charge in [0, 0.05) is 11.7 Å². The summed E-state index contributed by atoms with van der Waals surface area (Å²) >= 11 is 12.1. The highest BCUT2D eigenvalue weighted by Crippen LogP contribution is 2.28. The zero-order valence-electron chi connectivity index (χ0n) is 15.5. The summed E-state index contributed by atoms with van der Waals surface area (Å²) in [5.41, 5.74) is 0.478. The number of carbonyl (C=O) groups is 1. The van der Waals surface area contributed by atoms with Crippen molar-refractivity contribution < 1.29 is 22.7 Å². The van der Waals surface area contributed by atoms with E-state index >= 15 is 0 Å². The SMILES string of the molecule is COc1ccc(NC(=O)COc2ccc(S(=O)(=O)NC(C)C)cc2Cl)cc1Cl. The van der Waals surface area contributed by atoms with Crippen molar-refractivity contribution in [2.75, 3.05) is 19.0 Å². The molecule has 1 amide bonds. The van der Waals surface area contributed by atoms with Crippen molar-refractivity contribution in [3.8, 4) is 11.5 Å². The van der Waals surface area contributed by atoms with E-state index in [4.69, 9.17) is 32.7 Å². The van der Waals surface area contributed by atoms with Crippen molar-refractivity contribution in [2.24, 2.45) is 0 Å². The maximum absolute atomic E-state index is 12.2. The lowest BCUT2D eigenvalue weighted by Gasteiger charge is -2.12. The van der Waals surface area contributed by atoms with Crippen LogP contribution in [0.3, 0.4) is 0 Å². The Labute approximate surface area is 174 Å². The van der Waals surface area contributed by atoms with Crippen LogP contribution >= 0.6 is 23.2 Å². The number of hydrogen-bond donors (Lipinski definition) is 2. The van der Waals surface area contributed by atoms with Crippen molar-refractivity contribution in [1.29, 1.82) is 0 Å². The summed E-state index contributed by atoms with van der Waals surface area (Å²) in [6, 6.07) is 8.57. The number of sulfonamides is 1. The van der Waals surface area contributed by atoms with E-state index in [9.17, 15) is 13.2 Å². The van der Waals surface area contributed by atoms with Crippen LogP contribution in [0.1, 0.15) is 13.8 Å². The molecule has 152 valence electrons. The predicted molar refractivity (Wildman–Crippen MR) is 109 cm³/mol. The van der Waals surface area contributed by atoms with E-state index in [1.165, 1.54) is 25.3 Å². The highest BCUT2D eigenvalue weighted by atomic mass is 35.5. The van der Waals surface area contributed by atoms with Crippen LogP contribution in [-0.2, 0) is 14.8 Å². The minimum absolute atomic E-state index is 0.0101. The van der Waals surface area contributed by atoms with Gasteiger partial charge in [-0.15, -0.1) is 0 Å². The minimum Gasteiger partial charge on any atom is -0.495 e. The minimum atomic E-state index is -3.67. The first-order chi connectivity index (χ1) is 13.1. The normalized spacial score (nSPS) is 11.4. The fraction of sp³-hybridized carbons (Fsp3) is 0.278. The standard InChI is InChI=1S/C18H20Cl2N2O5S/c1-11(2)22-28(24,25)13-5-7-17(15(20)9-13)27-10-18(23)21-12-4-6-16(26-3)14(19)8-12/h4-9,11,22H,10H2,1-3H3,(H,21,23). The molecule has 0 unspecified atom stereocenters. The fourth-order valence-electron chi connectivity index (χ4n) is 2.23. The first-order valence-electron chi connectivity index (χ1n) is 8.20. The van der Waals surface area contributed by atoms with Crippen molar-refractivity contribution in [3.05, 3.63) is 46.4 Å². The van der Waals surface area contributed by atoms with E-state index in [2.05, 4.69) is 10.0 Å². The molecule has 0 aliphatic rings. The first-order valence-corrected chi connectivity index (χ1v) is 10.4. The van der Waals surface area contributed by atoms with Gasteiger partial charge in [0.25, 0.3) is 5.91 Å². The number of benzene rings is 2. The number of halogens is 2. The van der Waals surface area contributed by atoms with Crippen molar-refractivity contribution >= 4 is 44.8 Å². The molecule has 0 atom stereocenters. The molecule has 2 N–H and O–H groups in total. The quantitative estimate of drug-likeness (QED) is 0.644. The van der Waals surface area contributed by atoms with E-state index in [0.717, 1.165) is 0 Å². The predicted octanol–water partition coefficient (Wildman–Crippen LogP) is 3.71. The van der Waals surface area contributed by atoms with Gasteiger partial charge in [-0.05, 0) is 50.2 Å². The molecular formula is C18H20Cl2N2O5S. The molecule has 0 aliphatic carbocycles. The molecule has 0 heterocycles. The Morgan fingerprint density at radius 1 is 1.07 bits per heavy atom. The number of nitrogens with one attached hydrogen (secondary N) is 2. The number of methoxy groups -OCH3 is 1. The Bertz CT molecular complexity index is 964. The molecule has 2 aromatic rings. The van der Waals surface area contributed by atoms with Crippen LogP contribution in [0.2, 0.25) is 10.0 Å². The molecule has 0 saturated carbocycles. The van der Waals surface area contributed by atoms with Crippen LogP contribution in [0.4, 0.5) is 5.69 Å². The summed E-state index contributed by atoms with van der Waals surface area (Å²) in [5.74, 6) is 0.244. The highest BCUT2D eigenvalue weighted by molar-refractivity contribution is 7.89. The first kappa shape index (κ1) is 22.3. The van der Waals surface area contributed by atoms with Crippen molar-refractivity contribution in [3.63, 3.8) is 0 Å². The smallest absolute Gasteiger partial charge is 0.262 e. The van der Waals surface area contributed by atoms with Gasteiger partial charge >= 0.3 is 0 Å². The number of carbonyl (C=O) groups excluding carboxylic acids is 1. The third-order valence-corrected chi connectivity index (χ3v) is 5.65. The van der Waals surface area contributed by atoms with Gasteiger partial charge in [-0.1, -0.05) is 23.2 Å². The van der Waals surface area contributed by atoms with Gasteiger partial charge in [0.05, 0.1) is 22.1 Å². The monoisotopic (exact) mass is 446 g/mol. The van der Waals surface area contributed by atoms with E-state index in [1.807, 2.05) is 0 Å². The van der Waals surface area contributed by atoms with E-state index in [0.29, 0.717) is 16.5 Å². The van der Waals surface area contributed by atoms with Gasteiger partial charge in [0.2, 0.25) is 10.0 Å². The van der Waals surface area contributed by atoms with Gasteiger partial charge < -0.3 is 14.8 Å². The zero-order valence-corrected chi connectivity index (χ0v) is 17.8. The Morgan fingerprint density at radius 2 is 1.71 bits per heavy atom. The Balaban J connectivity index is 2.00. The molecule has 0 aliphatic heterocycles. The number of rotatable bonds is 8. The van der Waals surface area contributed by atoms with E-state index < -0.39 is 15.9 Å². The van der Waals surface area contributed by atoms with Gasteiger partial charge in [-0.2, -0.15) is 0 Å². The van der Waals surface area contributed by atoms with E-state index in [1.54, 1.807) is 32.0 Å². The third-order valence-electron chi connectivity index (χ3n) is 3.40. The molecule has 0 radical (unpaired) electrons. The number of anilines is 1. The van der Waals surface area contributed by atoms with Gasteiger partial charge in [-0.25, -0.2) is 13.1 Å². The number of ether oxygens (including phenoxy) is 2. The highest BCUT2D eigenvalue weighted by Gasteiger charge is 2.17. The number of amides is 1. The molecule has 0 aromatic heterocycles. The Hall–Kier alpha value is -2.00. The lowest BCUT2D eigenvalue weighted by atomic mass is 10.3. The molecule has 10 heteroatoms. The Morgan fingerprint density at radius 3 is 2.29 bits per heavy atom. The summed E-state index contributed by atoms with van der Waals surface area (Å²) in [4.78, 5) is 12.1. The van der Waals surface area contributed by atoms with Crippen LogP contribution in [0.15, 0.2) is 41.3 Å². The molecule has 0 spiro atoms. The fourth-order valence-corrected chi connectivity index (χ4v) is 4.06. The maximum atomic E-state index is 12.2.